The van der Waals surface area contributed by atoms with E-state index < -0.39 is 22.7 Å². The third-order valence-electron chi connectivity index (χ3n) is 3.89. The van der Waals surface area contributed by atoms with Crippen molar-refractivity contribution in [2.24, 2.45) is 0 Å². The molecule has 0 saturated heterocycles. The van der Waals surface area contributed by atoms with Gasteiger partial charge >= 0.3 is 0 Å². The molecule has 2 aromatic heterocycles. The molecule has 3 N–H and O–H groups in total. The Bertz CT molecular complexity index is 1080. The zero-order chi connectivity index (χ0) is 21.0. The van der Waals surface area contributed by atoms with Crippen molar-refractivity contribution in [2.45, 2.75) is 20.3 Å². The first-order valence-corrected chi connectivity index (χ1v) is 11.4. The Kier molecular flexibility index (Phi) is 6.99. The van der Waals surface area contributed by atoms with E-state index in [4.69, 9.17) is 11.6 Å². The van der Waals surface area contributed by atoms with Crippen LogP contribution in [0, 0.1) is 5.82 Å². The molecule has 0 aliphatic carbocycles. The van der Waals surface area contributed by atoms with Crippen molar-refractivity contribution in [1.82, 2.24) is 9.97 Å². The highest BCUT2D eigenvalue weighted by Gasteiger charge is 2.20. The van der Waals surface area contributed by atoms with Gasteiger partial charge in [0.2, 0.25) is 0 Å². The summed E-state index contributed by atoms with van der Waals surface area (Å²) in [5, 5.41) is 7.22. The molecular weight excluding hydrogens is 437 g/mol. The van der Waals surface area contributed by atoms with Crippen molar-refractivity contribution in [3.63, 3.8) is 0 Å². The third-order valence-corrected chi connectivity index (χ3v) is 6.48. The lowest BCUT2D eigenvalue weighted by Crippen LogP contribution is -2.15. The summed E-state index contributed by atoms with van der Waals surface area (Å²) >= 11 is 7.58. The summed E-state index contributed by atoms with van der Waals surface area (Å²) in [5.74, 6) is -0.192. The number of hydrogen-bond donors (Lipinski definition) is 3. The lowest BCUT2D eigenvalue weighted by molar-refractivity contribution is 0.102. The predicted octanol–water partition coefficient (Wildman–Crippen LogP) is 4.65. The summed E-state index contributed by atoms with van der Waals surface area (Å²) in [6.45, 7) is 4.51. The predicted molar refractivity (Wildman–Crippen MR) is 118 cm³/mol. The van der Waals surface area contributed by atoms with E-state index in [0.717, 1.165) is 10.8 Å². The number of nitrogens with one attached hydrogen (secondary N) is 3. The van der Waals surface area contributed by atoms with Gasteiger partial charge in [-0.05, 0) is 25.5 Å². The summed E-state index contributed by atoms with van der Waals surface area (Å²) in [7, 11) is -1.35. The minimum absolute atomic E-state index is 0.0506. The number of carbonyl (C=O) groups excluding carboxylic acids is 1. The average Bonchev–Trinajstić information content (AvgIpc) is 3.13. The van der Waals surface area contributed by atoms with Crippen LogP contribution in [0.5, 0.6) is 0 Å². The van der Waals surface area contributed by atoms with E-state index >= 15 is 0 Å². The van der Waals surface area contributed by atoms with Crippen LogP contribution in [-0.4, -0.2) is 32.4 Å². The number of benzene rings is 1. The standard InChI is InChI=1S/C18H19ClFN5O2S2/c1-3-7-29(27)25-12-6-5-11(20)15(13(12)19)24-18(26)10-8-28-16-14(10)22-9-23-17(16)21-4-2/h5-6,8-9,25H,3-4,7H2,1-2H3,(H,24,26)(H,21,22,23). The largest absolute Gasteiger partial charge is 0.369 e. The Labute approximate surface area is 178 Å². The first kappa shape index (κ1) is 21.4. The fraction of sp³-hybridized carbons (Fsp3) is 0.278. The molecule has 2 heterocycles. The van der Waals surface area contributed by atoms with Crippen molar-refractivity contribution in [1.29, 1.82) is 0 Å². The number of anilines is 3. The van der Waals surface area contributed by atoms with Gasteiger partial charge < -0.3 is 15.4 Å². The normalized spacial score (nSPS) is 12.0. The second-order valence-corrected chi connectivity index (χ2v) is 8.53. The number of rotatable bonds is 8. The number of amides is 1. The van der Waals surface area contributed by atoms with E-state index in [-0.39, 0.29) is 22.0 Å². The molecule has 0 spiro atoms. The SMILES string of the molecule is CCCS(=O)Nc1ccc(F)c(NC(=O)c2csc3c(NCC)ncnc23)c1Cl. The molecule has 0 aliphatic heterocycles. The van der Waals surface area contributed by atoms with Gasteiger partial charge in [0.15, 0.2) is 0 Å². The van der Waals surface area contributed by atoms with Crippen molar-refractivity contribution >= 4 is 67.2 Å². The minimum atomic E-state index is -1.35. The second-order valence-electron chi connectivity index (χ2n) is 5.97. The second kappa shape index (κ2) is 9.47. The summed E-state index contributed by atoms with van der Waals surface area (Å²) in [6.07, 6.45) is 2.08. The van der Waals surface area contributed by atoms with Gasteiger partial charge in [0.25, 0.3) is 5.91 Å². The zero-order valence-electron chi connectivity index (χ0n) is 15.7. The molecule has 0 aliphatic rings. The zero-order valence-corrected chi connectivity index (χ0v) is 18.1. The Morgan fingerprint density at radius 1 is 1.31 bits per heavy atom. The molecule has 154 valence electrons. The molecule has 11 heteroatoms. The maximum atomic E-state index is 14.4. The van der Waals surface area contributed by atoms with Crippen LogP contribution in [0.1, 0.15) is 30.6 Å². The molecule has 7 nitrogen and oxygen atoms in total. The van der Waals surface area contributed by atoms with Crippen molar-refractivity contribution in [3.05, 3.63) is 40.2 Å². The molecule has 1 atom stereocenters. The number of nitrogens with zero attached hydrogens (tertiary/aromatic N) is 2. The lowest BCUT2D eigenvalue weighted by atomic mass is 10.2. The quantitative estimate of drug-likeness (QED) is 0.459. The number of aromatic nitrogens is 2. The Morgan fingerprint density at radius 2 is 2.10 bits per heavy atom. The number of thiophene rings is 1. The maximum absolute atomic E-state index is 14.4. The van der Waals surface area contributed by atoms with E-state index in [0.29, 0.717) is 30.1 Å². The molecule has 1 amide bonds. The molecule has 3 rings (SSSR count). The molecule has 3 aromatic rings. The molecule has 0 bridgehead atoms. The van der Waals surface area contributed by atoms with Gasteiger partial charge in [-0.3, -0.25) is 4.79 Å². The van der Waals surface area contributed by atoms with E-state index in [1.165, 1.54) is 23.7 Å². The van der Waals surface area contributed by atoms with Crippen LogP contribution in [-0.2, 0) is 11.0 Å². The van der Waals surface area contributed by atoms with E-state index in [9.17, 15) is 13.4 Å². The third kappa shape index (κ3) is 4.65. The fourth-order valence-electron chi connectivity index (χ4n) is 2.59. The van der Waals surface area contributed by atoms with Crippen molar-refractivity contribution < 1.29 is 13.4 Å². The van der Waals surface area contributed by atoms with Crippen molar-refractivity contribution in [3.8, 4) is 0 Å². The van der Waals surface area contributed by atoms with Gasteiger partial charge in [-0.1, -0.05) is 18.5 Å². The number of carbonyl (C=O) groups is 1. The van der Waals surface area contributed by atoms with Crippen LogP contribution >= 0.6 is 22.9 Å². The van der Waals surface area contributed by atoms with Gasteiger partial charge in [0.1, 0.15) is 28.9 Å². The first-order chi connectivity index (χ1) is 14.0. The molecule has 0 saturated carbocycles. The molecule has 29 heavy (non-hydrogen) atoms. The Hall–Kier alpha value is -2.30. The summed E-state index contributed by atoms with van der Waals surface area (Å²) in [4.78, 5) is 21.2. The van der Waals surface area contributed by atoms with Crippen LogP contribution in [0.2, 0.25) is 5.02 Å². The van der Waals surface area contributed by atoms with Crippen LogP contribution in [0.15, 0.2) is 23.8 Å². The average molecular weight is 456 g/mol. The topological polar surface area (TPSA) is 96.0 Å². The summed E-state index contributed by atoms with van der Waals surface area (Å²) in [6, 6.07) is 2.54. The van der Waals surface area contributed by atoms with Crippen LogP contribution in [0.4, 0.5) is 21.6 Å². The monoisotopic (exact) mass is 455 g/mol. The molecule has 1 aromatic carbocycles. The number of hydrogen-bond acceptors (Lipinski definition) is 6. The van der Waals surface area contributed by atoms with E-state index in [2.05, 4.69) is 25.3 Å². The molecule has 0 fully saturated rings. The summed E-state index contributed by atoms with van der Waals surface area (Å²) < 4.78 is 29.8. The van der Waals surface area contributed by atoms with Crippen molar-refractivity contribution in [2.75, 3.05) is 27.7 Å². The highest BCUT2D eigenvalue weighted by atomic mass is 35.5. The Morgan fingerprint density at radius 3 is 2.83 bits per heavy atom. The molecule has 1 unspecified atom stereocenters. The fourth-order valence-corrected chi connectivity index (χ4v) is 4.75. The highest BCUT2D eigenvalue weighted by molar-refractivity contribution is 7.86. The van der Waals surface area contributed by atoms with Gasteiger partial charge in [0, 0.05) is 17.7 Å². The van der Waals surface area contributed by atoms with E-state index in [1.807, 2.05) is 13.8 Å². The highest BCUT2D eigenvalue weighted by Crippen LogP contribution is 2.35. The van der Waals surface area contributed by atoms with Gasteiger partial charge in [-0.2, -0.15) is 0 Å². The smallest absolute Gasteiger partial charge is 0.258 e. The molecular formula is C18H19ClFN5O2S2. The van der Waals surface area contributed by atoms with E-state index in [1.54, 1.807) is 5.38 Å². The number of halogens is 2. The van der Waals surface area contributed by atoms with Crippen LogP contribution in [0.25, 0.3) is 10.2 Å². The first-order valence-electron chi connectivity index (χ1n) is 8.86. The van der Waals surface area contributed by atoms with Gasteiger partial charge in [-0.25, -0.2) is 18.6 Å². The van der Waals surface area contributed by atoms with Crippen LogP contribution in [0.3, 0.4) is 0 Å². The maximum Gasteiger partial charge on any atom is 0.258 e. The lowest BCUT2D eigenvalue weighted by Gasteiger charge is -2.13. The van der Waals surface area contributed by atoms with Crippen LogP contribution < -0.4 is 15.4 Å². The summed E-state index contributed by atoms with van der Waals surface area (Å²) in [5.41, 5.74) is 0.848. The molecule has 0 radical (unpaired) electrons. The van der Waals surface area contributed by atoms with Gasteiger partial charge in [0.05, 0.1) is 32.2 Å². The van der Waals surface area contributed by atoms with Gasteiger partial charge in [-0.15, -0.1) is 11.3 Å². The number of fused-ring (bicyclic) bond motifs is 1. The minimum Gasteiger partial charge on any atom is -0.369 e. The Balaban J connectivity index is 1.90.